The minimum atomic E-state index is -0.585. The fourth-order valence-electron chi connectivity index (χ4n) is 1.75. The van der Waals surface area contributed by atoms with E-state index in [0.717, 1.165) is 0 Å². The van der Waals surface area contributed by atoms with Crippen molar-refractivity contribution in [1.29, 1.82) is 0 Å². The van der Waals surface area contributed by atoms with Gasteiger partial charge < -0.3 is 9.84 Å². The van der Waals surface area contributed by atoms with Crippen molar-refractivity contribution in [3.63, 3.8) is 0 Å². The third-order valence-corrected chi connectivity index (χ3v) is 2.55. The molecular formula is C13H18N4O3. The number of aliphatic hydroxyl groups excluding tert-OH is 1. The van der Waals surface area contributed by atoms with Gasteiger partial charge in [-0.15, -0.1) is 10.2 Å². The minimum Gasteiger partial charge on any atom is -0.444 e. The zero-order valence-electron chi connectivity index (χ0n) is 12.0. The number of carbonyl (C=O) groups excluding carboxylic acids is 1. The lowest BCUT2D eigenvalue weighted by molar-refractivity contribution is 0.0636. The molecule has 0 fully saturated rings. The molecule has 2 N–H and O–H groups in total. The van der Waals surface area contributed by atoms with Crippen molar-refractivity contribution in [3.05, 3.63) is 23.7 Å². The summed E-state index contributed by atoms with van der Waals surface area (Å²) >= 11 is 0. The molecule has 0 saturated heterocycles. The van der Waals surface area contributed by atoms with E-state index in [1.54, 1.807) is 44.4 Å². The Morgan fingerprint density at radius 2 is 2.15 bits per heavy atom. The Morgan fingerprint density at radius 3 is 2.75 bits per heavy atom. The number of aliphatic hydroxyl groups is 1. The van der Waals surface area contributed by atoms with Gasteiger partial charge in [0, 0.05) is 6.20 Å². The molecule has 1 amide bonds. The Hall–Kier alpha value is -2.15. The molecule has 2 rings (SSSR count). The molecule has 0 saturated carbocycles. The van der Waals surface area contributed by atoms with E-state index in [2.05, 4.69) is 15.5 Å². The van der Waals surface area contributed by atoms with Gasteiger partial charge in [0.2, 0.25) is 0 Å². The summed E-state index contributed by atoms with van der Waals surface area (Å²) in [7, 11) is 0. The second-order valence-electron chi connectivity index (χ2n) is 5.49. The number of fused-ring (bicyclic) bond motifs is 1. The van der Waals surface area contributed by atoms with Crippen molar-refractivity contribution in [2.24, 2.45) is 0 Å². The normalized spacial score (nSPS) is 11.7. The maximum absolute atomic E-state index is 11.8. The van der Waals surface area contributed by atoms with Gasteiger partial charge >= 0.3 is 6.09 Å². The highest BCUT2D eigenvalue weighted by Crippen LogP contribution is 2.20. The Kier molecular flexibility index (Phi) is 3.63. The highest BCUT2D eigenvalue weighted by atomic mass is 16.6. The number of pyridine rings is 1. The number of nitrogens with zero attached hydrogens (tertiary/aromatic N) is 3. The molecule has 0 aromatic carbocycles. The SMILES string of the molecule is Cc1nnc2c(NC(=O)OC(C)(C)C)cc(CO)cn12. The van der Waals surface area contributed by atoms with Crippen LogP contribution in [0.1, 0.15) is 32.2 Å². The molecule has 0 aliphatic carbocycles. The van der Waals surface area contributed by atoms with Crippen LogP contribution in [0.2, 0.25) is 0 Å². The van der Waals surface area contributed by atoms with E-state index in [0.29, 0.717) is 22.7 Å². The number of aryl methyl sites for hydroxylation is 1. The predicted octanol–water partition coefficient (Wildman–Crippen LogP) is 1.88. The van der Waals surface area contributed by atoms with E-state index >= 15 is 0 Å². The third kappa shape index (κ3) is 3.05. The molecule has 0 unspecified atom stereocenters. The number of ether oxygens (including phenoxy) is 1. The molecule has 2 aromatic heterocycles. The predicted molar refractivity (Wildman–Crippen MR) is 73.5 cm³/mol. The van der Waals surface area contributed by atoms with Crippen LogP contribution in [0.5, 0.6) is 0 Å². The smallest absolute Gasteiger partial charge is 0.412 e. The Bertz CT molecular complexity index is 643. The molecular weight excluding hydrogens is 260 g/mol. The topological polar surface area (TPSA) is 88.8 Å². The molecule has 7 heteroatoms. The molecule has 0 aliphatic heterocycles. The van der Waals surface area contributed by atoms with E-state index in [-0.39, 0.29) is 6.61 Å². The average Bonchev–Trinajstić information content (AvgIpc) is 2.69. The standard InChI is InChI=1S/C13H18N4O3/c1-8-15-16-11-10(5-9(7-18)6-17(8)11)14-12(19)20-13(2,3)4/h5-6,18H,7H2,1-4H3,(H,14,19). The van der Waals surface area contributed by atoms with Gasteiger partial charge in [-0.3, -0.25) is 9.72 Å². The molecule has 0 spiro atoms. The van der Waals surface area contributed by atoms with E-state index in [1.165, 1.54) is 0 Å². The zero-order chi connectivity index (χ0) is 14.9. The summed E-state index contributed by atoms with van der Waals surface area (Å²) in [6.45, 7) is 7.00. The van der Waals surface area contributed by atoms with Crippen LogP contribution < -0.4 is 5.32 Å². The lowest BCUT2D eigenvalue weighted by Gasteiger charge is -2.19. The van der Waals surface area contributed by atoms with Crippen LogP contribution >= 0.6 is 0 Å². The van der Waals surface area contributed by atoms with Crippen LogP contribution in [0.4, 0.5) is 10.5 Å². The van der Waals surface area contributed by atoms with Crippen LogP contribution in [0.25, 0.3) is 5.65 Å². The maximum Gasteiger partial charge on any atom is 0.412 e. The van der Waals surface area contributed by atoms with Crippen LogP contribution in [0.3, 0.4) is 0 Å². The van der Waals surface area contributed by atoms with Gasteiger partial charge in [0.1, 0.15) is 11.4 Å². The van der Waals surface area contributed by atoms with Crippen molar-refractivity contribution >= 4 is 17.4 Å². The first-order valence-corrected chi connectivity index (χ1v) is 6.25. The summed E-state index contributed by atoms with van der Waals surface area (Å²) in [4.78, 5) is 11.8. The minimum absolute atomic E-state index is 0.142. The molecule has 2 aromatic rings. The summed E-state index contributed by atoms with van der Waals surface area (Å²) in [5, 5.41) is 19.9. The van der Waals surface area contributed by atoms with Crippen molar-refractivity contribution in [3.8, 4) is 0 Å². The number of nitrogens with one attached hydrogen (secondary N) is 1. The van der Waals surface area contributed by atoms with Crippen molar-refractivity contribution in [1.82, 2.24) is 14.6 Å². The first-order valence-electron chi connectivity index (χ1n) is 6.25. The molecule has 7 nitrogen and oxygen atoms in total. The van der Waals surface area contributed by atoms with E-state index < -0.39 is 11.7 Å². The van der Waals surface area contributed by atoms with Gasteiger partial charge in [0.15, 0.2) is 5.65 Å². The van der Waals surface area contributed by atoms with Crippen molar-refractivity contribution in [2.75, 3.05) is 5.32 Å². The Labute approximate surface area is 116 Å². The number of amides is 1. The van der Waals surface area contributed by atoms with Crippen LogP contribution in [-0.4, -0.2) is 31.4 Å². The molecule has 20 heavy (non-hydrogen) atoms. The van der Waals surface area contributed by atoms with Crippen molar-refractivity contribution < 1.29 is 14.6 Å². The molecule has 2 heterocycles. The fourth-order valence-corrected chi connectivity index (χ4v) is 1.75. The maximum atomic E-state index is 11.8. The third-order valence-electron chi connectivity index (χ3n) is 2.55. The monoisotopic (exact) mass is 278 g/mol. The van der Waals surface area contributed by atoms with Crippen LogP contribution in [-0.2, 0) is 11.3 Å². The number of aromatic nitrogens is 3. The number of anilines is 1. The quantitative estimate of drug-likeness (QED) is 0.875. The lowest BCUT2D eigenvalue weighted by Crippen LogP contribution is -2.27. The van der Waals surface area contributed by atoms with Crippen molar-refractivity contribution in [2.45, 2.75) is 39.9 Å². The zero-order valence-corrected chi connectivity index (χ0v) is 12.0. The van der Waals surface area contributed by atoms with Gasteiger partial charge in [0.05, 0.1) is 12.3 Å². The van der Waals surface area contributed by atoms with Gasteiger partial charge in [-0.25, -0.2) is 4.79 Å². The molecule has 0 aliphatic rings. The summed E-state index contributed by atoms with van der Waals surface area (Å²) in [6, 6.07) is 1.65. The van der Waals surface area contributed by atoms with E-state index in [1.807, 2.05) is 0 Å². The summed E-state index contributed by atoms with van der Waals surface area (Å²) in [6.07, 6.45) is 1.15. The van der Waals surface area contributed by atoms with Gasteiger partial charge in [-0.1, -0.05) is 0 Å². The number of carbonyl (C=O) groups is 1. The first-order chi connectivity index (χ1) is 9.30. The average molecular weight is 278 g/mol. The molecule has 108 valence electrons. The fraction of sp³-hybridized carbons (Fsp3) is 0.462. The van der Waals surface area contributed by atoms with Crippen LogP contribution in [0, 0.1) is 6.92 Å². The van der Waals surface area contributed by atoms with Gasteiger partial charge in [-0.2, -0.15) is 0 Å². The second kappa shape index (κ2) is 5.09. The lowest BCUT2D eigenvalue weighted by atomic mass is 10.2. The number of hydrogen-bond donors (Lipinski definition) is 2. The molecule has 0 radical (unpaired) electrons. The Morgan fingerprint density at radius 1 is 1.45 bits per heavy atom. The highest BCUT2D eigenvalue weighted by Gasteiger charge is 2.18. The van der Waals surface area contributed by atoms with Crippen LogP contribution in [0.15, 0.2) is 12.3 Å². The second-order valence-corrected chi connectivity index (χ2v) is 5.49. The summed E-state index contributed by atoms with van der Waals surface area (Å²) < 4.78 is 6.91. The highest BCUT2D eigenvalue weighted by molar-refractivity contribution is 5.89. The number of hydrogen-bond acceptors (Lipinski definition) is 5. The van der Waals surface area contributed by atoms with E-state index in [9.17, 15) is 9.90 Å². The van der Waals surface area contributed by atoms with Gasteiger partial charge in [0.25, 0.3) is 0 Å². The molecule has 0 bridgehead atoms. The number of rotatable bonds is 2. The first kappa shape index (κ1) is 14.3. The van der Waals surface area contributed by atoms with Gasteiger partial charge in [-0.05, 0) is 39.3 Å². The Balaban J connectivity index is 2.36. The van der Waals surface area contributed by atoms with E-state index in [4.69, 9.17) is 4.74 Å². The largest absolute Gasteiger partial charge is 0.444 e. The summed E-state index contributed by atoms with van der Waals surface area (Å²) in [5.74, 6) is 0.669. The molecule has 0 atom stereocenters. The summed E-state index contributed by atoms with van der Waals surface area (Å²) in [5.41, 5.74) is 1.02.